The number of aliphatic hydroxyl groups is 1. The van der Waals surface area contributed by atoms with Crippen LogP contribution >= 0.6 is 0 Å². The molecule has 1 saturated carbocycles. The number of hydrogen-bond acceptors (Lipinski definition) is 5. The van der Waals surface area contributed by atoms with Crippen LogP contribution in [-0.2, 0) is 0 Å². The van der Waals surface area contributed by atoms with Crippen molar-refractivity contribution in [3.63, 3.8) is 0 Å². The van der Waals surface area contributed by atoms with Gasteiger partial charge < -0.3 is 19.9 Å². The summed E-state index contributed by atoms with van der Waals surface area (Å²) in [7, 11) is 0. The van der Waals surface area contributed by atoms with Crippen molar-refractivity contribution in [1.29, 1.82) is 0 Å². The van der Waals surface area contributed by atoms with Gasteiger partial charge in [-0.15, -0.1) is 0 Å². The molecule has 2 aromatic rings. The molecule has 1 atom stereocenters. The molecule has 5 nitrogen and oxygen atoms in total. The number of anilines is 1. The highest BCUT2D eigenvalue weighted by Crippen LogP contribution is 2.43. The summed E-state index contributed by atoms with van der Waals surface area (Å²) in [5.74, 6) is 0.905. The molecule has 0 bridgehead atoms. The monoisotopic (exact) mass is 385 g/mol. The third kappa shape index (κ3) is 4.12. The molecule has 0 radical (unpaired) electrons. The van der Waals surface area contributed by atoms with Crippen LogP contribution in [0.25, 0.3) is 0 Å². The van der Waals surface area contributed by atoms with E-state index in [1.807, 2.05) is 0 Å². The Morgan fingerprint density at radius 2 is 2.04 bits per heavy atom. The maximum atomic E-state index is 13.2. The van der Waals surface area contributed by atoms with Gasteiger partial charge in [-0.3, -0.25) is 4.79 Å². The van der Waals surface area contributed by atoms with Crippen LogP contribution in [-0.4, -0.2) is 35.7 Å². The molecule has 4 rings (SSSR count). The van der Waals surface area contributed by atoms with Crippen molar-refractivity contribution in [2.45, 2.75) is 43.8 Å². The zero-order valence-corrected chi connectivity index (χ0v) is 15.6. The first-order valence-corrected chi connectivity index (χ1v) is 9.70. The van der Waals surface area contributed by atoms with Crippen LogP contribution in [0, 0.1) is 5.82 Å². The predicted molar refractivity (Wildman–Crippen MR) is 104 cm³/mol. The summed E-state index contributed by atoms with van der Waals surface area (Å²) < 4.78 is 25.1. The Labute approximate surface area is 163 Å². The summed E-state index contributed by atoms with van der Waals surface area (Å²) >= 11 is 0. The van der Waals surface area contributed by atoms with E-state index < -0.39 is 6.10 Å². The van der Waals surface area contributed by atoms with Crippen LogP contribution in [0.2, 0.25) is 0 Å². The SMILES string of the molecule is O=C1CC2(CCCC2)Oc2cc(OCC(O)CNc3cccc(F)c3)ccc21. The van der Waals surface area contributed by atoms with Crippen LogP contribution in [0.3, 0.4) is 0 Å². The van der Waals surface area contributed by atoms with E-state index in [2.05, 4.69) is 5.32 Å². The average molecular weight is 385 g/mol. The topological polar surface area (TPSA) is 67.8 Å². The Balaban J connectivity index is 1.35. The second-order valence-corrected chi connectivity index (χ2v) is 7.61. The van der Waals surface area contributed by atoms with Crippen molar-refractivity contribution in [3.8, 4) is 11.5 Å². The van der Waals surface area contributed by atoms with Gasteiger partial charge in [0.15, 0.2) is 5.78 Å². The average Bonchev–Trinajstić information content (AvgIpc) is 3.11. The summed E-state index contributed by atoms with van der Waals surface area (Å²) in [5, 5.41) is 13.1. The molecule has 1 aliphatic heterocycles. The fourth-order valence-corrected chi connectivity index (χ4v) is 3.95. The van der Waals surface area contributed by atoms with Crippen LogP contribution in [0.5, 0.6) is 11.5 Å². The van der Waals surface area contributed by atoms with Gasteiger partial charge in [0.1, 0.15) is 35.6 Å². The molecule has 28 heavy (non-hydrogen) atoms. The zero-order chi connectivity index (χ0) is 19.6. The Kier molecular flexibility index (Phi) is 5.22. The first kappa shape index (κ1) is 18.7. The molecule has 1 heterocycles. The molecule has 2 aliphatic rings. The highest BCUT2D eigenvalue weighted by molar-refractivity contribution is 6.00. The molecule has 2 N–H and O–H groups in total. The quantitative estimate of drug-likeness (QED) is 0.788. The smallest absolute Gasteiger partial charge is 0.170 e. The lowest BCUT2D eigenvalue weighted by Gasteiger charge is -2.34. The van der Waals surface area contributed by atoms with Gasteiger partial charge in [0.25, 0.3) is 0 Å². The number of fused-ring (bicyclic) bond motifs is 1. The maximum Gasteiger partial charge on any atom is 0.170 e. The number of aliphatic hydroxyl groups excluding tert-OH is 1. The number of benzene rings is 2. The number of nitrogens with one attached hydrogen (secondary N) is 1. The van der Waals surface area contributed by atoms with Crippen LogP contribution in [0.15, 0.2) is 42.5 Å². The van der Waals surface area contributed by atoms with Gasteiger partial charge in [0.05, 0.1) is 12.0 Å². The number of carbonyl (C=O) groups excluding carboxylic acids is 1. The van der Waals surface area contributed by atoms with Crippen molar-refractivity contribution in [2.75, 3.05) is 18.5 Å². The molecule has 1 spiro atoms. The minimum Gasteiger partial charge on any atom is -0.491 e. The van der Waals surface area contributed by atoms with Crippen LogP contribution in [0.4, 0.5) is 10.1 Å². The van der Waals surface area contributed by atoms with Crippen molar-refractivity contribution < 1.29 is 23.8 Å². The first-order chi connectivity index (χ1) is 13.5. The number of carbonyl (C=O) groups is 1. The van der Waals surface area contributed by atoms with Gasteiger partial charge in [-0.1, -0.05) is 6.07 Å². The Morgan fingerprint density at radius 3 is 2.82 bits per heavy atom. The second-order valence-electron chi connectivity index (χ2n) is 7.61. The second kappa shape index (κ2) is 7.80. The van der Waals surface area contributed by atoms with Gasteiger partial charge in [0, 0.05) is 18.3 Å². The van der Waals surface area contributed by atoms with Gasteiger partial charge in [0.2, 0.25) is 0 Å². The minimum atomic E-state index is -0.775. The Morgan fingerprint density at radius 1 is 1.21 bits per heavy atom. The number of hydrogen-bond donors (Lipinski definition) is 2. The number of ketones is 1. The lowest BCUT2D eigenvalue weighted by molar-refractivity contribution is 0.0446. The molecule has 1 unspecified atom stereocenters. The van der Waals surface area contributed by atoms with E-state index in [0.717, 1.165) is 25.7 Å². The van der Waals surface area contributed by atoms with Crippen molar-refractivity contribution >= 4 is 11.5 Å². The molecule has 2 aromatic carbocycles. The highest BCUT2D eigenvalue weighted by Gasteiger charge is 2.42. The highest BCUT2D eigenvalue weighted by atomic mass is 19.1. The van der Waals surface area contributed by atoms with E-state index in [1.54, 1.807) is 30.3 Å². The lowest BCUT2D eigenvalue weighted by Crippen LogP contribution is -2.39. The Hall–Kier alpha value is -2.60. The van der Waals surface area contributed by atoms with E-state index in [9.17, 15) is 14.3 Å². The zero-order valence-electron chi connectivity index (χ0n) is 15.6. The third-order valence-corrected chi connectivity index (χ3v) is 5.39. The lowest BCUT2D eigenvalue weighted by atomic mass is 9.88. The van der Waals surface area contributed by atoms with Gasteiger partial charge in [-0.05, 0) is 56.0 Å². The maximum absolute atomic E-state index is 13.2. The molecule has 0 aromatic heterocycles. The number of ether oxygens (including phenoxy) is 2. The van der Waals surface area contributed by atoms with Crippen LogP contribution < -0.4 is 14.8 Å². The van der Waals surface area contributed by atoms with E-state index in [0.29, 0.717) is 29.2 Å². The fraction of sp³-hybridized carbons (Fsp3) is 0.409. The summed E-state index contributed by atoms with van der Waals surface area (Å²) in [5.41, 5.74) is 0.844. The minimum absolute atomic E-state index is 0.0696. The molecular formula is C22H24FNO4. The van der Waals surface area contributed by atoms with E-state index >= 15 is 0 Å². The van der Waals surface area contributed by atoms with Crippen molar-refractivity contribution in [3.05, 3.63) is 53.8 Å². The molecule has 6 heteroatoms. The first-order valence-electron chi connectivity index (χ1n) is 9.70. The normalized spacial score (nSPS) is 18.4. The van der Waals surface area contributed by atoms with Gasteiger partial charge >= 0.3 is 0 Å². The standard InChI is InChI=1S/C22H24FNO4/c23-15-4-3-5-16(10-15)24-13-17(25)14-27-18-6-7-19-20(26)12-22(8-1-2-9-22)28-21(19)11-18/h3-7,10-11,17,24-25H,1-2,8-9,12-14H2. The van der Waals surface area contributed by atoms with Crippen molar-refractivity contribution in [1.82, 2.24) is 0 Å². The van der Waals surface area contributed by atoms with Gasteiger partial charge in [-0.25, -0.2) is 4.39 Å². The van der Waals surface area contributed by atoms with Gasteiger partial charge in [-0.2, -0.15) is 0 Å². The summed E-state index contributed by atoms with van der Waals surface area (Å²) in [6, 6.07) is 11.2. The summed E-state index contributed by atoms with van der Waals surface area (Å²) in [6.07, 6.45) is 3.67. The molecule has 148 valence electrons. The van der Waals surface area contributed by atoms with Crippen molar-refractivity contribution in [2.24, 2.45) is 0 Å². The summed E-state index contributed by atoms with van der Waals surface area (Å²) in [6.45, 7) is 0.298. The number of Topliss-reactive ketones (excluding diaryl/α,β-unsaturated/α-hetero) is 1. The Bertz CT molecular complexity index is 863. The molecule has 0 saturated heterocycles. The number of rotatable bonds is 6. The van der Waals surface area contributed by atoms with Crippen LogP contribution in [0.1, 0.15) is 42.5 Å². The summed E-state index contributed by atoms with van der Waals surface area (Å²) in [4.78, 5) is 12.5. The molecule has 0 amide bonds. The fourth-order valence-electron chi connectivity index (χ4n) is 3.95. The van der Waals surface area contributed by atoms with E-state index in [4.69, 9.17) is 9.47 Å². The molecule has 1 fully saturated rings. The van der Waals surface area contributed by atoms with E-state index in [1.165, 1.54) is 12.1 Å². The largest absolute Gasteiger partial charge is 0.491 e. The van der Waals surface area contributed by atoms with E-state index in [-0.39, 0.29) is 30.4 Å². The molecule has 1 aliphatic carbocycles. The predicted octanol–water partition coefficient (Wildman–Crippen LogP) is 3.96. The number of halogens is 1. The third-order valence-electron chi connectivity index (χ3n) is 5.39. The molecular weight excluding hydrogens is 361 g/mol.